The molecule has 0 atom stereocenters. The minimum absolute atomic E-state index is 0.451. The summed E-state index contributed by atoms with van der Waals surface area (Å²) in [5.41, 5.74) is 5.88. The molecule has 0 bridgehead atoms. The van der Waals surface area contributed by atoms with E-state index in [4.69, 9.17) is 5.73 Å². The van der Waals surface area contributed by atoms with Crippen molar-refractivity contribution in [3.05, 3.63) is 0 Å². The third-order valence-electron chi connectivity index (χ3n) is 2.74. The van der Waals surface area contributed by atoms with Crippen molar-refractivity contribution in [1.29, 1.82) is 0 Å². The van der Waals surface area contributed by atoms with Crippen LogP contribution in [0.15, 0.2) is 0 Å². The smallest absolute Gasteiger partial charge is 0.0612 e. The Labute approximate surface area is 83.2 Å². The molecule has 70 valence electrons. The number of nitrogens with two attached hydrogens (primary N) is 1. The van der Waals surface area contributed by atoms with Gasteiger partial charge in [0.1, 0.15) is 0 Å². The average Bonchev–Trinajstić information content (AvgIpc) is 2.13. The van der Waals surface area contributed by atoms with Crippen LogP contribution in [0.3, 0.4) is 0 Å². The van der Waals surface area contributed by atoms with E-state index in [2.05, 4.69) is 23.5 Å². The second-order valence-electron chi connectivity index (χ2n) is 3.85. The lowest BCUT2D eigenvalue weighted by Gasteiger charge is -2.40. The van der Waals surface area contributed by atoms with Crippen molar-refractivity contribution in [1.82, 2.24) is 0 Å². The fraction of sp³-hybridized carbons (Fsp3) is 1.00. The molecule has 1 saturated heterocycles. The minimum atomic E-state index is 0.451. The van der Waals surface area contributed by atoms with Crippen LogP contribution < -0.4 is 5.73 Å². The van der Waals surface area contributed by atoms with Gasteiger partial charge in [-0.05, 0) is 12.8 Å². The van der Waals surface area contributed by atoms with Crippen LogP contribution >= 0.6 is 23.5 Å². The van der Waals surface area contributed by atoms with Crippen LogP contribution in [0, 0.1) is 0 Å². The first-order valence-corrected chi connectivity index (χ1v) is 6.81. The molecule has 1 heterocycles. The summed E-state index contributed by atoms with van der Waals surface area (Å²) in [6.45, 7) is 0. The number of rotatable bonds is 0. The highest BCUT2D eigenvalue weighted by Crippen LogP contribution is 2.50. The van der Waals surface area contributed by atoms with Crippen molar-refractivity contribution < 1.29 is 0 Å². The summed E-state index contributed by atoms with van der Waals surface area (Å²) < 4.78 is 0.591. The van der Waals surface area contributed by atoms with Gasteiger partial charge < -0.3 is 5.73 Å². The minimum Gasteiger partial charge on any atom is -0.326 e. The molecule has 1 aliphatic heterocycles. The number of hydrogen-bond acceptors (Lipinski definition) is 3. The third kappa shape index (κ3) is 1.94. The van der Waals surface area contributed by atoms with Gasteiger partial charge in [0.25, 0.3) is 0 Å². The third-order valence-corrected chi connectivity index (χ3v) is 6.50. The first-order chi connectivity index (χ1) is 5.81. The van der Waals surface area contributed by atoms with E-state index >= 15 is 0 Å². The SMILES string of the molecule is NC1CSC2(CCCCC2)SC1. The van der Waals surface area contributed by atoms with Gasteiger partial charge >= 0.3 is 0 Å². The second kappa shape index (κ2) is 3.81. The van der Waals surface area contributed by atoms with Gasteiger partial charge in [-0.2, -0.15) is 0 Å². The molecule has 0 aromatic carbocycles. The highest BCUT2D eigenvalue weighted by Gasteiger charge is 2.36. The maximum atomic E-state index is 5.88. The lowest BCUT2D eigenvalue weighted by molar-refractivity contribution is 0.487. The Bertz CT molecular complexity index is 145. The Balaban J connectivity index is 1.92. The van der Waals surface area contributed by atoms with E-state index in [1.54, 1.807) is 0 Å². The summed E-state index contributed by atoms with van der Waals surface area (Å²) in [4.78, 5) is 0. The summed E-state index contributed by atoms with van der Waals surface area (Å²) in [6, 6.07) is 0.451. The van der Waals surface area contributed by atoms with Crippen molar-refractivity contribution in [2.45, 2.75) is 42.2 Å². The highest BCUT2D eigenvalue weighted by molar-refractivity contribution is 8.18. The Morgan fingerprint density at radius 1 is 1.00 bits per heavy atom. The first-order valence-electron chi connectivity index (χ1n) is 4.84. The van der Waals surface area contributed by atoms with E-state index in [-0.39, 0.29) is 0 Å². The average molecular weight is 203 g/mol. The Morgan fingerprint density at radius 3 is 2.17 bits per heavy atom. The van der Waals surface area contributed by atoms with Gasteiger partial charge in [0.05, 0.1) is 4.08 Å². The fourth-order valence-electron chi connectivity index (χ4n) is 1.99. The quantitative estimate of drug-likeness (QED) is 0.655. The second-order valence-corrected chi connectivity index (χ2v) is 6.92. The zero-order valence-electron chi connectivity index (χ0n) is 7.42. The maximum Gasteiger partial charge on any atom is 0.0612 e. The Kier molecular flexibility index (Phi) is 2.93. The number of hydrogen-bond donors (Lipinski definition) is 1. The summed E-state index contributed by atoms with van der Waals surface area (Å²) in [7, 11) is 0. The molecule has 1 saturated carbocycles. The van der Waals surface area contributed by atoms with Crippen LogP contribution in [0.1, 0.15) is 32.1 Å². The van der Waals surface area contributed by atoms with Crippen LogP contribution in [0.5, 0.6) is 0 Å². The van der Waals surface area contributed by atoms with Gasteiger partial charge in [0.2, 0.25) is 0 Å². The predicted molar refractivity (Wildman–Crippen MR) is 58.7 cm³/mol. The Morgan fingerprint density at radius 2 is 1.58 bits per heavy atom. The molecule has 2 N–H and O–H groups in total. The lowest BCUT2D eigenvalue weighted by atomic mass is 10.00. The van der Waals surface area contributed by atoms with E-state index in [0.717, 1.165) is 0 Å². The molecule has 0 amide bonds. The molecule has 12 heavy (non-hydrogen) atoms. The van der Waals surface area contributed by atoms with Gasteiger partial charge in [-0.25, -0.2) is 0 Å². The monoisotopic (exact) mass is 203 g/mol. The summed E-state index contributed by atoms with van der Waals surface area (Å²) in [6.07, 6.45) is 7.18. The predicted octanol–water partition coefficient (Wildman–Crippen LogP) is 2.45. The van der Waals surface area contributed by atoms with Crippen molar-refractivity contribution in [2.24, 2.45) is 5.73 Å². The molecule has 1 aliphatic carbocycles. The van der Waals surface area contributed by atoms with Crippen LogP contribution in [0.25, 0.3) is 0 Å². The van der Waals surface area contributed by atoms with E-state index in [0.29, 0.717) is 10.1 Å². The van der Waals surface area contributed by atoms with E-state index < -0.39 is 0 Å². The number of thioether (sulfide) groups is 2. The van der Waals surface area contributed by atoms with Crippen LogP contribution in [-0.4, -0.2) is 21.6 Å². The molecule has 2 rings (SSSR count). The molecule has 1 spiro atoms. The van der Waals surface area contributed by atoms with E-state index in [1.807, 2.05) is 0 Å². The molecular weight excluding hydrogens is 186 g/mol. The normalized spacial score (nSPS) is 30.8. The van der Waals surface area contributed by atoms with Crippen LogP contribution in [0.2, 0.25) is 0 Å². The zero-order valence-corrected chi connectivity index (χ0v) is 9.05. The Hall–Kier alpha value is 0.660. The van der Waals surface area contributed by atoms with Gasteiger partial charge in [-0.3, -0.25) is 0 Å². The topological polar surface area (TPSA) is 26.0 Å². The molecule has 2 fully saturated rings. The van der Waals surface area contributed by atoms with Gasteiger partial charge in [0, 0.05) is 17.5 Å². The van der Waals surface area contributed by atoms with E-state index in [1.165, 1.54) is 43.6 Å². The maximum absolute atomic E-state index is 5.88. The molecule has 0 unspecified atom stereocenters. The fourth-order valence-corrected chi connectivity index (χ4v) is 5.30. The zero-order chi connectivity index (χ0) is 8.44. The summed E-state index contributed by atoms with van der Waals surface area (Å²) in [5, 5.41) is 0. The van der Waals surface area contributed by atoms with Crippen molar-refractivity contribution in [3.8, 4) is 0 Å². The van der Waals surface area contributed by atoms with Crippen molar-refractivity contribution in [3.63, 3.8) is 0 Å². The largest absolute Gasteiger partial charge is 0.326 e. The molecule has 2 aliphatic rings. The van der Waals surface area contributed by atoms with Gasteiger partial charge in [0.15, 0.2) is 0 Å². The summed E-state index contributed by atoms with van der Waals surface area (Å²) >= 11 is 4.27. The molecule has 0 aromatic rings. The molecule has 0 radical (unpaired) electrons. The van der Waals surface area contributed by atoms with Crippen molar-refractivity contribution >= 4 is 23.5 Å². The highest BCUT2D eigenvalue weighted by atomic mass is 32.2. The van der Waals surface area contributed by atoms with Gasteiger partial charge in [-0.1, -0.05) is 19.3 Å². The molecular formula is C9H17NS2. The van der Waals surface area contributed by atoms with Crippen LogP contribution in [0.4, 0.5) is 0 Å². The molecule has 3 heteroatoms. The van der Waals surface area contributed by atoms with E-state index in [9.17, 15) is 0 Å². The summed E-state index contributed by atoms with van der Waals surface area (Å²) in [5.74, 6) is 2.38. The molecule has 1 nitrogen and oxygen atoms in total. The first kappa shape index (κ1) is 9.22. The van der Waals surface area contributed by atoms with Crippen LogP contribution in [-0.2, 0) is 0 Å². The lowest BCUT2D eigenvalue weighted by Crippen LogP contribution is -2.38. The molecule has 0 aromatic heterocycles. The van der Waals surface area contributed by atoms with Gasteiger partial charge in [-0.15, -0.1) is 23.5 Å². The van der Waals surface area contributed by atoms with Crippen molar-refractivity contribution in [2.75, 3.05) is 11.5 Å². The standard InChI is InChI=1S/C9H17NS2/c10-8-6-11-9(12-7-8)4-2-1-3-5-9/h8H,1-7,10H2.